The van der Waals surface area contributed by atoms with Gasteiger partial charge < -0.3 is 10.2 Å². The molecule has 3 rings (SSSR count). The number of aryl methyl sites for hydroxylation is 1. The van der Waals surface area contributed by atoms with E-state index in [1.807, 2.05) is 7.05 Å². The summed E-state index contributed by atoms with van der Waals surface area (Å²) >= 11 is 5.71. The summed E-state index contributed by atoms with van der Waals surface area (Å²) in [6.45, 7) is 3.83. The van der Waals surface area contributed by atoms with Gasteiger partial charge in [-0.1, -0.05) is 17.7 Å². The second-order valence-electron chi connectivity index (χ2n) is 6.77. The van der Waals surface area contributed by atoms with Crippen molar-refractivity contribution in [2.45, 2.75) is 11.8 Å². The number of halogens is 2. The van der Waals surface area contributed by atoms with Gasteiger partial charge in [-0.2, -0.15) is 4.31 Å². The van der Waals surface area contributed by atoms with Gasteiger partial charge in [-0.3, -0.25) is 4.79 Å². The second kappa shape index (κ2) is 8.16. The molecule has 0 atom stereocenters. The highest BCUT2D eigenvalue weighted by Crippen LogP contribution is 2.25. The fourth-order valence-corrected chi connectivity index (χ4v) is 4.83. The zero-order valence-electron chi connectivity index (χ0n) is 15.6. The van der Waals surface area contributed by atoms with E-state index in [1.54, 1.807) is 19.1 Å². The average Bonchev–Trinajstić information content (AvgIpc) is 2.63. The third-order valence-corrected chi connectivity index (χ3v) is 6.98. The lowest BCUT2D eigenvalue weighted by atomic mass is 10.2. The normalized spacial score (nSPS) is 16.1. The van der Waals surface area contributed by atoms with Crippen LogP contribution in [0, 0.1) is 12.7 Å². The van der Waals surface area contributed by atoms with Gasteiger partial charge in [0.05, 0.1) is 10.5 Å². The van der Waals surface area contributed by atoms with Crippen LogP contribution >= 0.6 is 11.6 Å². The van der Waals surface area contributed by atoms with Crippen LogP contribution in [0.1, 0.15) is 15.9 Å². The van der Waals surface area contributed by atoms with Crippen LogP contribution < -0.4 is 5.32 Å². The number of hydrogen-bond donors (Lipinski definition) is 1. The molecule has 0 saturated carbocycles. The van der Waals surface area contributed by atoms with E-state index in [4.69, 9.17) is 11.6 Å². The number of sulfonamides is 1. The summed E-state index contributed by atoms with van der Waals surface area (Å²) in [5, 5.41) is 2.74. The van der Waals surface area contributed by atoms with Crippen LogP contribution in [0.4, 0.5) is 10.1 Å². The molecule has 2 aromatic carbocycles. The number of nitrogens with zero attached hydrogens (tertiary/aromatic N) is 2. The van der Waals surface area contributed by atoms with E-state index in [0.29, 0.717) is 31.7 Å². The van der Waals surface area contributed by atoms with Crippen LogP contribution in [0.5, 0.6) is 0 Å². The molecular weight excluding hydrogens is 405 g/mol. The third-order valence-electron chi connectivity index (χ3n) is 4.70. The highest BCUT2D eigenvalue weighted by atomic mass is 35.5. The zero-order chi connectivity index (χ0) is 20.5. The van der Waals surface area contributed by atoms with Crippen molar-refractivity contribution >= 4 is 33.2 Å². The van der Waals surface area contributed by atoms with E-state index < -0.39 is 21.7 Å². The Hall–Kier alpha value is -2.00. The number of likely N-dealkylation sites (N-methyl/N-ethyl adjacent to an activating group) is 1. The van der Waals surface area contributed by atoms with Crippen molar-refractivity contribution in [2.24, 2.45) is 0 Å². The molecule has 150 valence electrons. The number of piperazine rings is 1. The van der Waals surface area contributed by atoms with Crippen molar-refractivity contribution in [3.05, 3.63) is 58.4 Å². The third kappa shape index (κ3) is 4.35. The Balaban J connectivity index is 1.86. The summed E-state index contributed by atoms with van der Waals surface area (Å²) in [4.78, 5) is 14.6. The van der Waals surface area contributed by atoms with E-state index in [-0.39, 0.29) is 21.2 Å². The molecule has 0 bridgehead atoms. The molecule has 6 nitrogen and oxygen atoms in total. The first kappa shape index (κ1) is 20.7. The van der Waals surface area contributed by atoms with E-state index in [0.717, 1.165) is 6.07 Å². The summed E-state index contributed by atoms with van der Waals surface area (Å²) < 4.78 is 41.5. The Morgan fingerprint density at radius 3 is 2.43 bits per heavy atom. The Morgan fingerprint density at radius 1 is 1.11 bits per heavy atom. The highest BCUT2D eigenvalue weighted by Gasteiger charge is 2.29. The van der Waals surface area contributed by atoms with Crippen LogP contribution in [-0.4, -0.2) is 56.8 Å². The zero-order valence-corrected chi connectivity index (χ0v) is 17.1. The van der Waals surface area contributed by atoms with Crippen molar-refractivity contribution in [1.29, 1.82) is 0 Å². The molecule has 0 spiro atoms. The number of hydrogen-bond acceptors (Lipinski definition) is 4. The first-order chi connectivity index (χ1) is 13.2. The molecule has 9 heteroatoms. The van der Waals surface area contributed by atoms with Crippen LogP contribution in [0.2, 0.25) is 5.02 Å². The van der Waals surface area contributed by atoms with E-state index >= 15 is 0 Å². The number of carbonyl (C=O) groups excluding carboxylic acids is 1. The van der Waals surface area contributed by atoms with Crippen molar-refractivity contribution in [2.75, 3.05) is 38.5 Å². The van der Waals surface area contributed by atoms with Gasteiger partial charge in [0.25, 0.3) is 5.91 Å². The molecule has 1 aliphatic rings. The molecule has 1 amide bonds. The predicted octanol–water partition coefficient (Wildman–Crippen LogP) is 2.98. The van der Waals surface area contributed by atoms with Crippen molar-refractivity contribution < 1.29 is 17.6 Å². The summed E-state index contributed by atoms with van der Waals surface area (Å²) in [5.41, 5.74) is 0.681. The summed E-state index contributed by atoms with van der Waals surface area (Å²) in [7, 11) is -1.74. The maximum atomic E-state index is 14.0. The lowest BCUT2D eigenvalue weighted by Gasteiger charge is -2.32. The summed E-state index contributed by atoms with van der Waals surface area (Å²) in [6.07, 6.45) is 0. The summed E-state index contributed by atoms with van der Waals surface area (Å²) in [5.74, 6) is -1.43. The SMILES string of the molecule is Cc1ccc(NC(=O)c2ccc(Cl)cc2F)cc1S(=O)(=O)N1CCN(C)CC1. The van der Waals surface area contributed by atoms with Gasteiger partial charge in [0.2, 0.25) is 10.0 Å². The van der Waals surface area contributed by atoms with Gasteiger partial charge >= 0.3 is 0 Å². The van der Waals surface area contributed by atoms with Gasteiger partial charge in [-0.05, 0) is 49.9 Å². The second-order valence-corrected chi connectivity index (χ2v) is 9.11. The minimum Gasteiger partial charge on any atom is -0.322 e. The lowest BCUT2D eigenvalue weighted by Crippen LogP contribution is -2.47. The molecule has 1 heterocycles. The van der Waals surface area contributed by atoms with Crippen LogP contribution in [0.25, 0.3) is 0 Å². The fourth-order valence-electron chi connectivity index (χ4n) is 3.00. The molecule has 2 aromatic rings. The number of rotatable bonds is 4. The minimum atomic E-state index is -3.69. The molecule has 1 aliphatic heterocycles. The van der Waals surface area contributed by atoms with Gasteiger partial charge in [0.1, 0.15) is 5.82 Å². The van der Waals surface area contributed by atoms with Crippen molar-refractivity contribution in [3.8, 4) is 0 Å². The molecule has 1 saturated heterocycles. The molecular formula is C19H21ClFN3O3S. The Morgan fingerprint density at radius 2 is 1.79 bits per heavy atom. The van der Waals surface area contributed by atoms with Gasteiger partial charge in [-0.15, -0.1) is 0 Å². The first-order valence-corrected chi connectivity index (χ1v) is 10.6. The number of amides is 1. The fraction of sp³-hybridized carbons (Fsp3) is 0.316. The van der Waals surface area contributed by atoms with E-state index in [9.17, 15) is 17.6 Å². The van der Waals surface area contributed by atoms with Crippen LogP contribution in [0.3, 0.4) is 0 Å². The van der Waals surface area contributed by atoms with Gasteiger partial charge in [0.15, 0.2) is 0 Å². The smallest absolute Gasteiger partial charge is 0.258 e. The van der Waals surface area contributed by atoms with E-state index in [2.05, 4.69) is 10.2 Å². The van der Waals surface area contributed by atoms with Gasteiger partial charge in [0, 0.05) is 36.9 Å². The number of benzene rings is 2. The largest absolute Gasteiger partial charge is 0.322 e. The molecule has 1 N–H and O–H groups in total. The van der Waals surface area contributed by atoms with Crippen LogP contribution in [0.15, 0.2) is 41.3 Å². The lowest BCUT2D eigenvalue weighted by molar-refractivity contribution is 0.102. The standard InChI is InChI=1S/C19H21ClFN3O3S/c1-13-3-5-15(22-19(25)16-6-4-14(20)11-17(16)21)12-18(13)28(26,27)24-9-7-23(2)8-10-24/h3-6,11-12H,7-10H2,1-2H3,(H,22,25). The minimum absolute atomic E-state index is 0.131. The number of carbonyl (C=O) groups is 1. The maximum absolute atomic E-state index is 14.0. The Kier molecular flexibility index (Phi) is 6.04. The molecule has 28 heavy (non-hydrogen) atoms. The first-order valence-electron chi connectivity index (χ1n) is 8.74. The summed E-state index contributed by atoms with van der Waals surface area (Å²) in [6, 6.07) is 8.37. The van der Waals surface area contributed by atoms with Gasteiger partial charge in [-0.25, -0.2) is 12.8 Å². The van der Waals surface area contributed by atoms with Crippen LogP contribution in [-0.2, 0) is 10.0 Å². The Bertz CT molecular complexity index is 1010. The quantitative estimate of drug-likeness (QED) is 0.817. The predicted molar refractivity (Wildman–Crippen MR) is 107 cm³/mol. The monoisotopic (exact) mass is 425 g/mol. The average molecular weight is 426 g/mol. The van der Waals surface area contributed by atoms with Crippen molar-refractivity contribution in [1.82, 2.24) is 9.21 Å². The topological polar surface area (TPSA) is 69.7 Å². The van der Waals surface area contributed by atoms with Crippen molar-refractivity contribution in [3.63, 3.8) is 0 Å². The van der Waals surface area contributed by atoms with E-state index in [1.165, 1.54) is 22.5 Å². The Labute approximate surface area is 168 Å². The molecule has 0 aromatic heterocycles. The molecule has 0 aliphatic carbocycles. The molecule has 0 radical (unpaired) electrons. The maximum Gasteiger partial charge on any atom is 0.258 e. The number of anilines is 1. The molecule has 1 fully saturated rings. The number of nitrogens with one attached hydrogen (secondary N) is 1. The highest BCUT2D eigenvalue weighted by molar-refractivity contribution is 7.89. The molecule has 0 unspecified atom stereocenters.